The van der Waals surface area contributed by atoms with E-state index >= 15 is 0 Å². The number of nitriles is 1. The molecule has 0 spiro atoms. The van der Waals surface area contributed by atoms with E-state index in [0.29, 0.717) is 17.9 Å². The summed E-state index contributed by atoms with van der Waals surface area (Å²) >= 11 is 0. The maximum absolute atomic E-state index is 10.9. The van der Waals surface area contributed by atoms with Crippen LogP contribution >= 0.6 is 0 Å². The highest BCUT2D eigenvalue weighted by Gasteiger charge is 2.21. The third-order valence-corrected chi connectivity index (χ3v) is 3.58. The van der Waals surface area contributed by atoms with Crippen molar-refractivity contribution in [3.63, 3.8) is 0 Å². The summed E-state index contributed by atoms with van der Waals surface area (Å²) < 4.78 is 0. The van der Waals surface area contributed by atoms with Crippen LogP contribution in [0.15, 0.2) is 12.3 Å². The summed E-state index contributed by atoms with van der Waals surface area (Å²) in [6.45, 7) is 3.88. The quantitative estimate of drug-likeness (QED) is 0.838. The van der Waals surface area contributed by atoms with Crippen molar-refractivity contribution in [3.8, 4) is 6.07 Å². The first kappa shape index (κ1) is 14.3. The Hall–Kier alpha value is -2.13. The molecule has 2 heterocycles. The van der Waals surface area contributed by atoms with Crippen LogP contribution in [0.2, 0.25) is 0 Å². The molecule has 0 radical (unpaired) electrons. The van der Waals surface area contributed by atoms with Gasteiger partial charge in [0.2, 0.25) is 5.91 Å². The van der Waals surface area contributed by atoms with Gasteiger partial charge in [-0.25, -0.2) is 4.98 Å². The molecular formula is C14H19N5O. The standard InChI is InChI=1S/C14H19N5O/c1-10-2-5-17-14(12(10)8-15)18-11-3-6-19(7-4-11)9-13(16)20/h2,5,11H,3-4,6-7,9H2,1H3,(H2,16,20)(H,17,18). The minimum atomic E-state index is -0.288. The molecule has 20 heavy (non-hydrogen) atoms. The second kappa shape index (κ2) is 6.35. The molecule has 1 aliphatic heterocycles. The van der Waals surface area contributed by atoms with Crippen LogP contribution in [0.25, 0.3) is 0 Å². The molecule has 1 amide bonds. The fourth-order valence-corrected chi connectivity index (χ4v) is 2.46. The van der Waals surface area contributed by atoms with Crippen molar-refractivity contribution in [2.24, 2.45) is 5.73 Å². The Balaban J connectivity index is 1.95. The predicted molar refractivity (Wildman–Crippen MR) is 76.0 cm³/mol. The summed E-state index contributed by atoms with van der Waals surface area (Å²) in [6, 6.07) is 4.30. The molecule has 1 saturated heterocycles. The summed E-state index contributed by atoms with van der Waals surface area (Å²) in [4.78, 5) is 17.2. The molecule has 3 N–H and O–H groups in total. The third-order valence-electron chi connectivity index (χ3n) is 3.58. The van der Waals surface area contributed by atoms with Gasteiger partial charge in [-0.2, -0.15) is 5.26 Å². The summed E-state index contributed by atoms with van der Waals surface area (Å²) in [6.07, 6.45) is 3.53. The van der Waals surface area contributed by atoms with Crippen LogP contribution in [-0.2, 0) is 4.79 Å². The lowest BCUT2D eigenvalue weighted by Crippen LogP contribution is -2.43. The second-order valence-electron chi connectivity index (χ2n) is 5.12. The molecule has 1 aromatic heterocycles. The minimum Gasteiger partial charge on any atom is -0.369 e. The average molecular weight is 273 g/mol. The van der Waals surface area contributed by atoms with Crippen LogP contribution < -0.4 is 11.1 Å². The van der Waals surface area contributed by atoms with Crippen LogP contribution in [0.4, 0.5) is 5.82 Å². The van der Waals surface area contributed by atoms with Gasteiger partial charge in [-0.3, -0.25) is 9.69 Å². The number of nitrogens with two attached hydrogens (primary N) is 1. The molecule has 1 aromatic rings. The topological polar surface area (TPSA) is 95.0 Å². The molecule has 6 nitrogen and oxygen atoms in total. The van der Waals surface area contributed by atoms with Gasteiger partial charge in [-0.1, -0.05) is 0 Å². The number of aryl methyl sites for hydroxylation is 1. The zero-order chi connectivity index (χ0) is 14.5. The lowest BCUT2D eigenvalue weighted by molar-refractivity contribution is -0.119. The average Bonchev–Trinajstić information content (AvgIpc) is 2.41. The molecule has 1 fully saturated rings. The van der Waals surface area contributed by atoms with Crippen LogP contribution in [0, 0.1) is 18.3 Å². The van der Waals surface area contributed by atoms with Gasteiger partial charge in [-0.15, -0.1) is 0 Å². The van der Waals surface area contributed by atoms with Gasteiger partial charge in [0.25, 0.3) is 0 Å². The first-order valence-corrected chi connectivity index (χ1v) is 6.73. The lowest BCUT2D eigenvalue weighted by Gasteiger charge is -2.31. The smallest absolute Gasteiger partial charge is 0.231 e. The summed E-state index contributed by atoms with van der Waals surface area (Å²) in [5.41, 5.74) is 6.72. The Morgan fingerprint density at radius 1 is 1.60 bits per heavy atom. The van der Waals surface area contributed by atoms with Crippen LogP contribution in [-0.4, -0.2) is 41.5 Å². The van der Waals surface area contributed by atoms with E-state index in [1.165, 1.54) is 0 Å². The van der Waals surface area contributed by atoms with Crippen molar-refractivity contribution < 1.29 is 4.79 Å². The Bertz CT molecular complexity index is 529. The highest BCUT2D eigenvalue weighted by molar-refractivity contribution is 5.75. The predicted octanol–water partition coefficient (Wildman–Crippen LogP) is 0.623. The van der Waals surface area contributed by atoms with Gasteiger partial charge < -0.3 is 11.1 Å². The molecule has 0 atom stereocenters. The third kappa shape index (κ3) is 3.45. The van der Waals surface area contributed by atoms with Gasteiger partial charge in [0, 0.05) is 25.3 Å². The monoisotopic (exact) mass is 273 g/mol. The van der Waals surface area contributed by atoms with Crippen LogP contribution in [0.5, 0.6) is 0 Å². The molecule has 106 valence electrons. The fraction of sp³-hybridized carbons (Fsp3) is 0.500. The number of hydrogen-bond acceptors (Lipinski definition) is 5. The molecule has 1 aliphatic rings. The molecule has 6 heteroatoms. The van der Waals surface area contributed by atoms with E-state index < -0.39 is 0 Å². The van der Waals surface area contributed by atoms with E-state index in [0.717, 1.165) is 31.5 Å². The van der Waals surface area contributed by atoms with Crippen molar-refractivity contribution in [3.05, 3.63) is 23.4 Å². The van der Waals surface area contributed by atoms with E-state index in [9.17, 15) is 10.1 Å². The van der Waals surface area contributed by atoms with Crippen molar-refractivity contribution in [1.29, 1.82) is 5.26 Å². The number of anilines is 1. The Morgan fingerprint density at radius 3 is 2.90 bits per heavy atom. The highest BCUT2D eigenvalue weighted by atomic mass is 16.1. The Morgan fingerprint density at radius 2 is 2.30 bits per heavy atom. The SMILES string of the molecule is Cc1ccnc(NC2CCN(CC(N)=O)CC2)c1C#N. The first-order valence-electron chi connectivity index (χ1n) is 6.73. The number of likely N-dealkylation sites (tertiary alicyclic amines) is 1. The molecule has 0 bridgehead atoms. The number of piperidine rings is 1. The van der Waals surface area contributed by atoms with E-state index in [1.807, 2.05) is 13.0 Å². The first-order chi connectivity index (χ1) is 9.60. The van der Waals surface area contributed by atoms with E-state index in [2.05, 4.69) is 21.3 Å². The van der Waals surface area contributed by atoms with E-state index in [1.54, 1.807) is 6.20 Å². The number of pyridine rings is 1. The van der Waals surface area contributed by atoms with Crippen molar-refractivity contribution in [2.75, 3.05) is 25.0 Å². The number of carbonyl (C=O) groups is 1. The largest absolute Gasteiger partial charge is 0.369 e. The summed E-state index contributed by atoms with van der Waals surface area (Å²) in [5, 5.41) is 12.5. The van der Waals surface area contributed by atoms with Crippen LogP contribution in [0.3, 0.4) is 0 Å². The number of rotatable bonds is 4. The van der Waals surface area contributed by atoms with Crippen molar-refractivity contribution in [1.82, 2.24) is 9.88 Å². The second-order valence-corrected chi connectivity index (χ2v) is 5.12. The molecule has 0 unspecified atom stereocenters. The van der Waals surface area contributed by atoms with Crippen molar-refractivity contribution in [2.45, 2.75) is 25.8 Å². The Labute approximate surface area is 118 Å². The number of aromatic nitrogens is 1. The number of hydrogen-bond donors (Lipinski definition) is 2. The Kier molecular flexibility index (Phi) is 4.53. The van der Waals surface area contributed by atoms with Crippen molar-refractivity contribution >= 4 is 11.7 Å². The minimum absolute atomic E-state index is 0.278. The number of carbonyl (C=O) groups excluding carboxylic acids is 1. The van der Waals surface area contributed by atoms with Gasteiger partial charge in [0.05, 0.1) is 12.1 Å². The fourth-order valence-electron chi connectivity index (χ4n) is 2.46. The zero-order valence-electron chi connectivity index (χ0n) is 11.6. The zero-order valence-corrected chi connectivity index (χ0v) is 11.6. The molecule has 0 aromatic carbocycles. The van der Waals surface area contributed by atoms with Gasteiger partial charge >= 0.3 is 0 Å². The summed E-state index contributed by atoms with van der Waals surface area (Å²) in [7, 11) is 0. The highest BCUT2D eigenvalue weighted by Crippen LogP contribution is 2.19. The van der Waals surface area contributed by atoms with Gasteiger partial charge in [0.1, 0.15) is 11.9 Å². The molecule has 0 aliphatic carbocycles. The lowest BCUT2D eigenvalue weighted by atomic mass is 10.0. The van der Waals surface area contributed by atoms with E-state index in [-0.39, 0.29) is 11.9 Å². The molecule has 0 saturated carbocycles. The molecule has 2 rings (SSSR count). The number of nitrogens with one attached hydrogen (secondary N) is 1. The number of nitrogens with zero attached hydrogens (tertiary/aromatic N) is 3. The molecular weight excluding hydrogens is 254 g/mol. The van der Waals surface area contributed by atoms with Crippen LogP contribution in [0.1, 0.15) is 24.0 Å². The maximum Gasteiger partial charge on any atom is 0.231 e. The normalized spacial score (nSPS) is 16.6. The summed E-state index contributed by atoms with van der Waals surface area (Å²) in [5.74, 6) is 0.365. The number of amides is 1. The van der Waals surface area contributed by atoms with E-state index in [4.69, 9.17) is 5.73 Å². The van der Waals surface area contributed by atoms with Gasteiger partial charge in [0.15, 0.2) is 0 Å². The van der Waals surface area contributed by atoms with Gasteiger partial charge in [-0.05, 0) is 31.4 Å². The maximum atomic E-state index is 10.9. The number of primary amides is 1.